The van der Waals surface area contributed by atoms with Gasteiger partial charge in [-0.25, -0.2) is 4.39 Å². The van der Waals surface area contributed by atoms with Crippen molar-refractivity contribution in [2.45, 2.75) is 18.9 Å². The average Bonchev–Trinajstić information content (AvgIpc) is 2.96. The third kappa shape index (κ3) is 2.63. The lowest BCUT2D eigenvalue weighted by Crippen LogP contribution is -2.45. The Hall–Kier alpha value is -2.56. The molecule has 0 spiro atoms. The van der Waals surface area contributed by atoms with Gasteiger partial charge in [0, 0.05) is 6.54 Å². The van der Waals surface area contributed by atoms with Crippen LogP contribution in [0.5, 0.6) is 11.5 Å². The molecule has 0 aromatic heterocycles. The zero-order valence-electron chi connectivity index (χ0n) is 12.5. The van der Waals surface area contributed by atoms with Crippen molar-refractivity contribution in [2.24, 2.45) is 0 Å². The summed E-state index contributed by atoms with van der Waals surface area (Å²) in [5, 5.41) is 0. The summed E-state index contributed by atoms with van der Waals surface area (Å²) in [7, 11) is 0. The number of carbonyl (C=O) groups is 1. The van der Waals surface area contributed by atoms with Crippen molar-refractivity contribution in [2.75, 3.05) is 13.3 Å². The van der Waals surface area contributed by atoms with Crippen molar-refractivity contribution in [3.63, 3.8) is 0 Å². The van der Waals surface area contributed by atoms with E-state index in [0.29, 0.717) is 17.9 Å². The highest BCUT2D eigenvalue weighted by molar-refractivity contribution is 5.80. The van der Waals surface area contributed by atoms with Crippen LogP contribution in [0.15, 0.2) is 42.5 Å². The van der Waals surface area contributed by atoms with Gasteiger partial charge in [-0.1, -0.05) is 18.2 Å². The van der Waals surface area contributed by atoms with Crippen molar-refractivity contribution in [3.05, 3.63) is 59.4 Å². The molecule has 4 nitrogen and oxygen atoms in total. The van der Waals surface area contributed by atoms with E-state index in [-0.39, 0.29) is 24.6 Å². The molecule has 2 aromatic carbocycles. The van der Waals surface area contributed by atoms with E-state index in [4.69, 9.17) is 9.47 Å². The maximum atomic E-state index is 13.0. The minimum absolute atomic E-state index is 0.0529. The number of ether oxygens (including phenoxy) is 2. The number of halogens is 1. The lowest BCUT2D eigenvalue weighted by Gasteiger charge is -2.41. The Morgan fingerprint density at radius 2 is 1.91 bits per heavy atom. The quantitative estimate of drug-likeness (QED) is 0.874. The summed E-state index contributed by atoms with van der Waals surface area (Å²) in [5.41, 5.74) is 1.89. The van der Waals surface area contributed by atoms with Gasteiger partial charge in [-0.15, -0.1) is 0 Å². The molecule has 0 radical (unpaired) electrons. The zero-order valence-corrected chi connectivity index (χ0v) is 12.5. The third-order valence-corrected chi connectivity index (χ3v) is 4.39. The van der Waals surface area contributed by atoms with Crippen LogP contribution in [-0.2, 0) is 11.2 Å². The van der Waals surface area contributed by atoms with E-state index in [1.54, 1.807) is 12.1 Å². The van der Waals surface area contributed by atoms with Crippen molar-refractivity contribution >= 4 is 5.91 Å². The Balaban J connectivity index is 1.46. The third-order valence-electron chi connectivity index (χ3n) is 4.39. The molecule has 1 amide bonds. The standard InChI is InChI=1S/C18H16FNO3/c19-14-4-2-13(3-5-14)15-7-8-20(15)18(21)10-12-1-6-16-17(9-12)23-11-22-16/h1-6,9,15H,7-8,10-11H2/t15-/m0/s1. The van der Waals surface area contributed by atoms with Crippen LogP contribution in [0.25, 0.3) is 0 Å². The van der Waals surface area contributed by atoms with E-state index in [1.807, 2.05) is 23.1 Å². The number of carbonyl (C=O) groups excluding carboxylic acids is 1. The van der Waals surface area contributed by atoms with Crippen molar-refractivity contribution < 1.29 is 18.7 Å². The first-order chi connectivity index (χ1) is 11.2. The molecule has 0 bridgehead atoms. The van der Waals surface area contributed by atoms with Gasteiger partial charge >= 0.3 is 0 Å². The molecular weight excluding hydrogens is 297 g/mol. The van der Waals surface area contributed by atoms with E-state index in [1.165, 1.54) is 12.1 Å². The minimum Gasteiger partial charge on any atom is -0.454 e. The number of amides is 1. The van der Waals surface area contributed by atoms with Crippen LogP contribution in [0.3, 0.4) is 0 Å². The Morgan fingerprint density at radius 3 is 2.65 bits per heavy atom. The number of hydrogen-bond acceptors (Lipinski definition) is 3. The Morgan fingerprint density at radius 1 is 1.13 bits per heavy atom. The normalized spacial score (nSPS) is 18.7. The van der Waals surface area contributed by atoms with Gasteiger partial charge in [0.2, 0.25) is 12.7 Å². The van der Waals surface area contributed by atoms with E-state index < -0.39 is 0 Å². The maximum Gasteiger partial charge on any atom is 0.231 e. The summed E-state index contributed by atoms with van der Waals surface area (Å²) in [6, 6.07) is 12.0. The molecule has 0 aliphatic carbocycles. The molecule has 23 heavy (non-hydrogen) atoms. The van der Waals surface area contributed by atoms with Gasteiger partial charge in [0.1, 0.15) is 5.82 Å². The van der Waals surface area contributed by atoms with E-state index >= 15 is 0 Å². The second-order valence-electron chi connectivity index (χ2n) is 5.81. The molecule has 1 fully saturated rings. The minimum atomic E-state index is -0.258. The van der Waals surface area contributed by atoms with Crippen LogP contribution in [-0.4, -0.2) is 24.1 Å². The fourth-order valence-electron chi connectivity index (χ4n) is 3.04. The molecule has 0 saturated carbocycles. The Kier molecular flexibility index (Phi) is 3.41. The van der Waals surface area contributed by atoms with E-state index in [0.717, 1.165) is 24.1 Å². The molecule has 2 aliphatic rings. The van der Waals surface area contributed by atoms with Crippen LogP contribution in [0.1, 0.15) is 23.6 Å². The highest BCUT2D eigenvalue weighted by atomic mass is 19.1. The molecule has 1 atom stereocenters. The molecule has 2 aromatic rings. The lowest BCUT2D eigenvalue weighted by atomic mass is 9.93. The van der Waals surface area contributed by atoms with Gasteiger partial charge in [0.25, 0.3) is 0 Å². The van der Waals surface area contributed by atoms with Gasteiger partial charge < -0.3 is 14.4 Å². The fourth-order valence-corrected chi connectivity index (χ4v) is 3.04. The second-order valence-corrected chi connectivity index (χ2v) is 5.81. The van der Waals surface area contributed by atoms with Crippen LogP contribution in [0, 0.1) is 5.82 Å². The SMILES string of the molecule is O=C(Cc1ccc2c(c1)OCO2)N1CC[C@H]1c1ccc(F)cc1. The smallest absolute Gasteiger partial charge is 0.231 e. The highest BCUT2D eigenvalue weighted by Gasteiger charge is 2.33. The van der Waals surface area contributed by atoms with Crippen LogP contribution in [0.2, 0.25) is 0 Å². The lowest BCUT2D eigenvalue weighted by molar-refractivity contribution is -0.138. The molecule has 2 heterocycles. The summed E-state index contributed by atoms with van der Waals surface area (Å²) >= 11 is 0. The molecule has 118 valence electrons. The number of hydrogen-bond donors (Lipinski definition) is 0. The average molecular weight is 313 g/mol. The number of likely N-dealkylation sites (tertiary alicyclic amines) is 1. The molecule has 1 saturated heterocycles. The first kappa shape index (κ1) is 14.1. The first-order valence-electron chi connectivity index (χ1n) is 7.64. The molecular formula is C18H16FNO3. The Bertz CT molecular complexity index is 744. The van der Waals surface area contributed by atoms with E-state index in [2.05, 4.69) is 0 Å². The van der Waals surface area contributed by atoms with Crippen molar-refractivity contribution in [3.8, 4) is 11.5 Å². The van der Waals surface area contributed by atoms with Gasteiger partial charge in [-0.2, -0.15) is 0 Å². The summed E-state index contributed by atoms with van der Waals surface area (Å²) in [4.78, 5) is 14.4. The first-order valence-corrected chi connectivity index (χ1v) is 7.64. The molecule has 2 aliphatic heterocycles. The van der Waals surface area contributed by atoms with E-state index in [9.17, 15) is 9.18 Å². The molecule has 4 rings (SSSR count). The number of rotatable bonds is 3. The summed E-state index contributed by atoms with van der Waals surface area (Å²) in [6.07, 6.45) is 1.24. The predicted octanol–water partition coefficient (Wildman–Crippen LogP) is 3.07. The summed E-state index contributed by atoms with van der Waals surface area (Å²) in [5.74, 6) is 1.22. The second kappa shape index (κ2) is 5.57. The van der Waals surface area contributed by atoms with Crippen molar-refractivity contribution in [1.82, 2.24) is 4.90 Å². The maximum absolute atomic E-state index is 13.0. The highest BCUT2D eigenvalue weighted by Crippen LogP contribution is 2.35. The van der Waals surface area contributed by atoms with Crippen molar-refractivity contribution in [1.29, 1.82) is 0 Å². The predicted molar refractivity (Wildman–Crippen MR) is 81.7 cm³/mol. The number of fused-ring (bicyclic) bond motifs is 1. The molecule has 5 heteroatoms. The van der Waals surface area contributed by atoms with Gasteiger partial charge in [0.15, 0.2) is 11.5 Å². The Labute approximate surface area is 133 Å². The van der Waals surface area contributed by atoms with Crippen LogP contribution >= 0.6 is 0 Å². The summed E-state index contributed by atoms with van der Waals surface area (Å²) < 4.78 is 23.6. The van der Waals surface area contributed by atoms with Gasteiger partial charge in [0.05, 0.1) is 12.5 Å². The number of benzene rings is 2. The van der Waals surface area contributed by atoms with Gasteiger partial charge in [-0.05, 0) is 41.8 Å². The zero-order chi connectivity index (χ0) is 15.8. The topological polar surface area (TPSA) is 38.8 Å². The molecule has 0 unspecified atom stereocenters. The number of nitrogens with zero attached hydrogens (tertiary/aromatic N) is 1. The fraction of sp³-hybridized carbons (Fsp3) is 0.278. The largest absolute Gasteiger partial charge is 0.454 e. The van der Waals surface area contributed by atoms with Crippen LogP contribution in [0.4, 0.5) is 4.39 Å². The van der Waals surface area contributed by atoms with Crippen LogP contribution < -0.4 is 9.47 Å². The van der Waals surface area contributed by atoms with Gasteiger partial charge in [-0.3, -0.25) is 4.79 Å². The summed E-state index contributed by atoms with van der Waals surface area (Å²) in [6.45, 7) is 0.969. The monoisotopic (exact) mass is 313 g/mol. The molecule has 0 N–H and O–H groups in total.